The molecule has 9 heteroatoms. The van der Waals surface area contributed by atoms with Crippen molar-refractivity contribution in [3.63, 3.8) is 0 Å². The van der Waals surface area contributed by atoms with Gasteiger partial charge in [0, 0.05) is 0 Å². The first-order valence-electron chi connectivity index (χ1n) is 10.4. The Labute approximate surface area is 196 Å². The molecule has 0 saturated carbocycles. The molecule has 2 heterocycles. The van der Waals surface area contributed by atoms with Gasteiger partial charge in [-0.3, -0.25) is 14.5 Å². The maximum atomic E-state index is 13.1. The van der Waals surface area contributed by atoms with E-state index in [0.29, 0.717) is 23.6 Å². The molecule has 3 aromatic rings. The van der Waals surface area contributed by atoms with Crippen LogP contribution in [0.1, 0.15) is 35.5 Å². The zero-order valence-electron chi connectivity index (χ0n) is 18.5. The quantitative estimate of drug-likeness (QED) is 0.577. The summed E-state index contributed by atoms with van der Waals surface area (Å²) in [5.41, 5.74) is 1.37. The number of amides is 2. The van der Waals surface area contributed by atoms with Crippen LogP contribution < -0.4 is 10.2 Å². The number of benzene rings is 2. The van der Waals surface area contributed by atoms with Crippen molar-refractivity contribution < 1.29 is 19.1 Å². The molecule has 0 saturated heterocycles. The fourth-order valence-corrected chi connectivity index (χ4v) is 4.12. The van der Waals surface area contributed by atoms with Crippen molar-refractivity contribution in [2.45, 2.75) is 32.9 Å². The van der Waals surface area contributed by atoms with Crippen LogP contribution in [0.5, 0.6) is 0 Å². The van der Waals surface area contributed by atoms with Gasteiger partial charge in [0.05, 0.1) is 23.6 Å². The molecule has 0 bridgehead atoms. The molecule has 0 aliphatic carbocycles. The van der Waals surface area contributed by atoms with Crippen LogP contribution in [-0.2, 0) is 20.9 Å². The lowest BCUT2D eigenvalue weighted by Gasteiger charge is -2.41. The van der Waals surface area contributed by atoms with Gasteiger partial charge in [0.1, 0.15) is 16.3 Å². The van der Waals surface area contributed by atoms with Crippen LogP contribution in [0.25, 0.3) is 0 Å². The average molecular weight is 467 g/mol. The summed E-state index contributed by atoms with van der Waals surface area (Å²) in [4.78, 5) is 39.8. The van der Waals surface area contributed by atoms with Crippen molar-refractivity contribution in [2.24, 2.45) is 0 Å². The lowest BCUT2D eigenvalue weighted by molar-refractivity contribution is -0.128. The van der Waals surface area contributed by atoms with E-state index in [1.54, 1.807) is 45.0 Å². The smallest absolute Gasteiger partial charge is 0.343 e. The largest absolute Gasteiger partial charge is 0.452 e. The standard InChI is InChI=1S/C24H23ClN4O4/c1-15-20(21(25)28(27-15)13-16-9-5-4-6-10-16)22(31)33-14-19(30)29-18-12-8-7-11-17(18)26-23(32)24(29,2)3/h4-12H,13-14H2,1-3H3,(H,26,32). The summed E-state index contributed by atoms with van der Waals surface area (Å²) < 4.78 is 6.83. The van der Waals surface area contributed by atoms with E-state index < -0.39 is 24.0 Å². The minimum Gasteiger partial charge on any atom is -0.452 e. The molecule has 2 aromatic carbocycles. The molecule has 0 spiro atoms. The number of nitrogens with zero attached hydrogens (tertiary/aromatic N) is 3. The monoisotopic (exact) mass is 466 g/mol. The van der Waals surface area contributed by atoms with Crippen molar-refractivity contribution in [2.75, 3.05) is 16.8 Å². The molecule has 1 aromatic heterocycles. The van der Waals surface area contributed by atoms with Gasteiger partial charge < -0.3 is 10.1 Å². The van der Waals surface area contributed by atoms with Crippen molar-refractivity contribution in [1.29, 1.82) is 0 Å². The van der Waals surface area contributed by atoms with Gasteiger partial charge in [-0.25, -0.2) is 9.48 Å². The fourth-order valence-electron chi connectivity index (χ4n) is 3.81. The van der Waals surface area contributed by atoms with E-state index >= 15 is 0 Å². The lowest BCUT2D eigenvalue weighted by atomic mass is 9.96. The lowest BCUT2D eigenvalue weighted by Crippen LogP contribution is -2.59. The Bertz CT molecular complexity index is 1240. The topological polar surface area (TPSA) is 93.5 Å². The Kier molecular flexibility index (Phi) is 5.95. The number of ether oxygens (including phenoxy) is 1. The highest BCUT2D eigenvalue weighted by Gasteiger charge is 2.43. The van der Waals surface area contributed by atoms with E-state index in [4.69, 9.17) is 16.3 Å². The van der Waals surface area contributed by atoms with Crippen LogP contribution in [-0.4, -0.2) is 39.7 Å². The summed E-state index contributed by atoms with van der Waals surface area (Å²) in [6.45, 7) is 4.75. The molecule has 8 nitrogen and oxygen atoms in total. The van der Waals surface area contributed by atoms with E-state index in [-0.39, 0.29) is 16.6 Å². The third kappa shape index (κ3) is 4.21. The maximum absolute atomic E-state index is 13.1. The second kappa shape index (κ2) is 8.71. The number of aryl methyl sites for hydroxylation is 1. The maximum Gasteiger partial charge on any atom is 0.343 e. The van der Waals surface area contributed by atoms with Crippen LogP contribution in [0.2, 0.25) is 5.15 Å². The number of rotatable bonds is 5. The zero-order valence-corrected chi connectivity index (χ0v) is 19.2. The molecule has 0 atom stereocenters. The third-order valence-electron chi connectivity index (χ3n) is 5.53. The van der Waals surface area contributed by atoms with Gasteiger partial charge in [0.25, 0.3) is 5.91 Å². The number of aromatic nitrogens is 2. The summed E-state index contributed by atoms with van der Waals surface area (Å²) in [5.74, 6) is -1.61. The van der Waals surface area contributed by atoms with Crippen LogP contribution in [0.4, 0.5) is 11.4 Å². The highest BCUT2D eigenvalue weighted by molar-refractivity contribution is 6.32. The molecule has 0 radical (unpaired) electrons. The molecule has 1 aliphatic rings. The van der Waals surface area contributed by atoms with Gasteiger partial charge >= 0.3 is 5.97 Å². The van der Waals surface area contributed by atoms with E-state index in [1.165, 1.54) is 9.58 Å². The first kappa shape index (κ1) is 22.5. The second-order valence-corrected chi connectivity index (χ2v) is 8.59. The van der Waals surface area contributed by atoms with Crippen molar-refractivity contribution >= 4 is 40.8 Å². The van der Waals surface area contributed by atoms with Gasteiger partial charge in [-0.05, 0) is 38.5 Å². The number of fused-ring (bicyclic) bond motifs is 1. The molecule has 0 fully saturated rings. The molecule has 4 rings (SSSR count). The van der Waals surface area contributed by atoms with E-state index in [9.17, 15) is 14.4 Å². The van der Waals surface area contributed by atoms with Crippen molar-refractivity contribution in [1.82, 2.24) is 9.78 Å². The van der Waals surface area contributed by atoms with E-state index in [0.717, 1.165) is 5.56 Å². The Morgan fingerprint density at radius 3 is 2.48 bits per heavy atom. The predicted octanol–water partition coefficient (Wildman–Crippen LogP) is 3.81. The molecule has 1 aliphatic heterocycles. The van der Waals surface area contributed by atoms with Crippen LogP contribution >= 0.6 is 11.6 Å². The van der Waals surface area contributed by atoms with Crippen molar-refractivity contribution in [3.8, 4) is 0 Å². The highest BCUT2D eigenvalue weighted by Crippen LogP contribution is 2.36. The van der Waals surface area contributed by atoms with Crippen LogP contribution in [0.15, 0.2) is 54.6 Å². The minimum atomic E-state index is -1.16. The number of carbonyl (C=O) groups excluding carboxylic acids is 3. The van der Waals surface area contributed by atoms with Gasteiger partial charge in [-0.1, -0.05) is 54.1 Å². The van der Waals surface area contributed by atoms with Gasteiger partial charge in [0.15, 0.2) is 6.61 Å². The summed E-state index contributed by atoms with van der Waals surface area (Å²) in [6, 6.07) is 16.5. The first-order valence-corrected chi connectivity index (χ1v) is 10.8. The number of para-hydroxylation sites is 2. The number of halogens is 1. The Balaban J connectivity index is 1.51. The van der Waals surface area contributed by atoms with Crippen LogP contribution in [0, 0.1) is 6.92 Å². The molecule has 1 N–H and O–H groups in total. The number of anilines is 2. The second-order valence-electron chi connectivity index (χ2n) is 8.23. The molecular weight excluding hydrogens is 444 g/mol. The zero-order chi connectivity index (χ0) is 23.8. The number of hydrogen-bond donors (Lipinski definition) is 1. The number of carbonyl (C=O) groups is 3. The predicted molar refractivity (Wildman–Crippen MR) is 124 cm³/mol. The van der Waals surface area contributed by atoms with Crippen LogP contribution in [0.3, 0.4) is 0 Å². The SMILES string of the molecule is Cc1nn(Cc2ccccc2)c(Cl)c1C(=O)OCC(=O)N1c2ccccc2NC(=O)C1(C)C. The minimum absolute atomic E-state index is 0.108. The highest BCUT2D eigenvalue weighted by atomic mass is 35.5. The average Bonchev–Trinajstić information content (AvgIpc) is 3.06. The van der Waals surface area contributed by atoms with E-state index in [2.05, 4.69) is 10.4 Å². The molecule has 2 amide bonds. The molecule has 33 heavy (non-hydrogen) atoms. The summed E-state index contributed by atoms with van der Waals surface area (Å²) in [5, 5.41) is 7.27. The first-order chi connectivity index (χ1) is 15.7. The summed E-state index contributed by atoms with van der Waals surface area (Å²) >= 11 is 6.42. The Morgan fingerprint density at radius 1 is 1.09 bits per heavy atom. The number of esters is 1. The Morgan fingerprint density at radius 2 is 1.76 bits per heavy atom. The number of nitrogens with one attached hydrogen (secondary N) is 1. The normalized spacial score (nSPS) is 14.4. The molecule has 170 valence electrons. The fraction of sp³-hybridized carbons (Fsp3) is 0.250. The van der Waals surface area contributed by atoms with E-state index in [1.807, 2.05) is 30.3 Å². The van der Waals surface area contributed by atoms with Gasteiger partial charge in [-0.2, -0.15) is 5.10 Å². The molecular formula is C24H23ClN4O4. The third-order valence-corrected chi connectivity index (χ3v) is 5.91. The Hall–Kier alpha value is -3.65. The van der Waals surface area contributed by atoms with Gasteiger partial charge in [-0.15, -0.1) is 0 Å². The van der Waals surface area contributed by atoms with Gasteiger partial charge in [0.2, 0.25) is 5.91 Å². The summed E-state index contributed by atoms with van der Waals surface area (Å²) in [7, 11) is 0. The van der Waals surface area contributed by atoms with Crippen molar-refractivity contribution in [3.05, 3.63) is 76.6 Å². The molecule has 0 unspecified atom stereocenters. The number of hydrogen-bond acceptors (Lipinski definition) is 5. The summed E-state index contributed by atoms with van der Waals surface area (Å²) in [6.07, 6.45) is 0.